The number of nitrogen functional groups attached to an aromatic ring is 1. The van der Waals surface area contributed by atoms with Gasteiger partial charge in [0.25, 0.3) is 0 Å². The fourth-order valence-corrected chi connectivity index (χ4v) is 16.6. The number of unbranched alkanes of at least 4 members (excludes halogenated alkanes) is 4. The van der Waals surface area contributed by atoms with Gasteiger partial charge in [-0.15, -0.1) is 0 Å². The largest absolute Gasteiger partial charge is 0.497 e. The van der Waals surface area contributed by atoms with Crippen LogP contribution in [0.5, 0.6) is 34.5 Å². The first-order valence-electron chi connectivity index (χ1n) is 49.0. The second-order valence-corrected chi connectivity index (χ2v) is 38.9. The number of benzene rings is 3. The van der Waals surface area contributed by atoms with Crippen molar-refractivity contribution in [3.8, 4) is 34.5 Å². The summed E-state index contributed by atoms with van der Waals surface area (Å²) in [5.74, 6) is 8.33. The van der Waals surface area contributed by atoms with Crippen molar-refractivity contribution >= 4 is 149 Å². The van der Waals surface area contributed by atoms with Gasteiger partial charge in [-0.2, -0.15) is 15.0 Å². The summed E-state index contributed by atoms with van der Waals surface area (Å²) in [6.45, 7) is 45.2. The number of nitrogens with zero attached hydrogens (tertiary/aromatic N) is 13. The molecule has 0 fully saturated rings. The molecule has 778 valence electrons. The number of methoxy groups -OCH3 is 6. The third-order valence-corrected chi connectivity index (χ3v) is 25.0. The number of hydrogen-bond donors (Lipinski definition) is 8. The van der Waals surface area contributed by atoms with E-state index in [2.05, 4.69) is 154 Å². The molecule has 0 saturated heterocycles. The van der Waals surface area contributed by atoms with Crippen LogP contribution in [0.1, 0.15) is 285 Å². The van der Waals surface area contributed by atoms with E-state index in [9.17, 15) is 19.2 Å². The number of fused-ring (bicyclic) bond motifs is 4. The van der Waals surface area contributed by atoms with E-state index in [4.69, 9.17) is 112 Å². The highest BCUT2D eigenvalue weighted by Gasteiger charge is 2.31. The third kappa shape index (κ3) is 40.3. The minimum atomic E-state index is -0.336. The molecule has 8 aromatic heterocycles. The number of rotatable bonds is 46. The fourth-order valence-electron chi connectivity index (χ4n) is 15.7. The van der Waals surface area contributed by atoms with Gasteiger partial charge in [0.05, 0.1) is 64.7 Å². The molecule has 0 amide bonds. The Labute approximate surface area is 862 Å². The molecule has 0 spiro atoms. The first-order chi connectivity index (χ1) is 67.3. The van der Waals surface area contributed by atoms with Gasteiger partial charge in [-0.1, -0.05) is 127 Å². The quantitative estimate of drug-likeness (QED) is 0.00998. The lowest BCUT2D eigenvalue weighted by atomic mass is 9.89. The molecule has 0 aliphatic carbocycles. The van der Waals surface area contributed by atoms with Crippen LogP contribution in [0.3, 0.4) is 0 Å². The van der Waals surface area contributed by atoms with Crippen LogP contribution in [-0.2, 0) is 38.8 Å². The molecule has 31 nitrogen and oxygen atoms in total. The normalized spacial score (nSPS) is 12.6. The molecule has 8 heterocycles. The highest BCUT2D eigenvalue weighted by atomic mass is 35.5. The molecule has 142 heavy (non-hydrogen) atoms. The average molecular weight is 2040 g/mol. The van der Waals surface area contributed by atoms with Crippen molar-refractivity contribution < 1.29 is 47.6 Å². The van der Waals surface area contributed by atoms with Crippen molar-refractivity contribution in [2.24, 2.45) is 11.5 Å². The van der Waals surface area contributed by atoms with Gasteiger partial charge >= 0.3 is 0 Å². The second kappa shape index (κ2) is 60.5. The van der Waals surface area contributed by atoms with Gasteiger partial charge in [0.15, 0.2) is 22.6 Å². The zero-order chi connectivity index (χ0) is 106. The number of carbonyl (C=O) groups is 4. The summed E-state index contributed by atoms with van der Waals surface area (Å²) in [7, 11) is 9.76. The molecule has 4 atom stereocenters. The fraction of sp³-hybridized carbons (Fsp3) is 0.533. The molecule has 0 aliphatic heterocycles. The van der Waals surface area contributed by atoms with E-state index in [1.807, 2.05) is 101 Å². The molecule has 0 unspecified atom stereocenters. The molecule has 35 heteroatoms. The van der Waals surface area contributed by atoms with Crippen molar-refractivity contribution in [3.05, 3.63) is 151 Å². The van der Waals surface area contributed by atoms with Crippen molar-refractivity contribution in [1.29, 1.82) is 0 Å². The number of halogens is 4. The van der Waals surface area contributed by atoms with Crippen molar-refractivity contribution in [2.45, 2.75) is 328 Å². The molecule has 3 aromatic carbocycles. The Morgan fingerprint density at radius 3 is 1.10 bits per heavy atom. The number of Topliss-reactive ketones (excluding diaryl/α,β-unsaturated/α-hetero) is 4. The van der Waals surface area contributed by atoms with E-state index in [0.29, 0.717) is 131 Å². The maximum Gasteiger partial charge on any atom is 0.225 e. The van der Waals surface area contributed by atoms with Gasteiger partial charge in [0.2, 0.25) is 23.1 Å². The Hall–Kier alpha value is -11.1. The van der Waals surface area contributed by atoms with E-state index in [0.717, 1.165) is 186 Å². The Balaban J connectivity index is 0.000000309. The van der Waals surface area contributed by atoms with Gasteiger partial charge in [-0.3, -0.25) is 14.9 Å². The van der Waals surface area contributed by atoms with E-state index < -0.39 is 0 Å². The SMILES string of the molecule is CCCC[C@@](C)(N)CCC(C)=O.CCCC[C@](C)(CCC(C)=O)Nc1nc(N)nc2c(C)ccnc12.CCCC[C@](C)(CCC(C)=O)Nc1nc(NCc2ccc(OC)cc2OC)nc2c(C)cc(Cl)nc12.CCCC[C@](C)(CCC(C)=O)Nc1nc(NCc2ccc(OC)cc2OC)nc2c(C)ccnc12.CCN(C(C)C)C(C)C.COc1ccc(CN)c(OC)c1.Cc1cc(Cl)nc2c(Cl)nc(Cl)nc12. The van der Waals surface area contributed by atoms with E-state index >= 15 is 0 Å². The minimum Gasteiger partial charge on any atom is -0.497 e. The second-order valence-electron chi connectivity index (χ2n) is 37.5. The predicted molar refractivity (Wildman–Crippen MR) is 583 cm³/mol. The number of ketones is 4. The van der Waals surface area contributed by atoms with Crippen molar-refractivity contribution in [3.63, 3.8) is 0 Å². The van der Waals surface area contributed by atoms with E-state index in [1.165, 1.54) is 6.42 Å². The first kappa shape index (κ1) is 121. The third-order valence-electron chi connectivity index (χ3n) is 24.2. The van der Waals surface area contributed by atoms with Crippen LogP contribution < -0.4 is 72.2 Å². The van der Waals surface area contributed by atoms with Crippen molar-refractivity contribution in [2.75, 3.05) is 81.5 Å². The number of hydrogen-bond acceptors (Lipinski definition) is 31. The maximum absolute atomic E-state index is 11.8. The van der Waals surface area contributed by atoms with Gasteiger partial charge in [0, 0.05) is 127 Å². The number of pyridine rings is 4. The van der Waals surface area contributed by atoms with Crippen molar-refractivity contribution in [1.82, 2.24) is 64.7 Å². The number of carbonyl (C=O) groups excluding carboxylic acids is 4. The predicted octanol–water partition coefficient (Wildman–Crippen LogP) is 24.5. The Morgan fingerprint density at radius 2 is 0.739 bits per heavy atom. The van der Waals surface area contributed by atoms with E-state index in [1.54, 1.807) is 94.9 Å². The zero-order valence-electron chi connectivity index (χ0n) is 88.9. The van der Waals surface area contributed by atoms with Gasteiger partial charge in [-0.25, -0.2) is 34.9 Å². The minimum absolute atomic E-state index is 0.106. The van der Waals surface area contributed by atoms with Gasteiger partial charge in [-0.05, 0) is 257 Å². The number of aryl methyl sites for hydroxylation is 4. The molecular weight excluding hydrogens is 1880 g/mol. The highest BCUT2D eigenvalue weighted by molar-refractivity contribution is 6.36. The molecule has 0 saturated carbocycles. The van der Waals surface area contributed by atoms with Crippen LogP contribution in [-0.4, -0.2) is 171 Å². The summed E-state index contributed by atoms with van der Waals surface area (Å²) in [6.07, 6.45) is 21.2. The van der Waals surface area contributed by atoms with Crippen LogP contribution >= 0.6 is 46.4 Å². The molecule has 0 bridgehead atoms. The number of aromatic nitrogens is 12. The van der Waals surface area contributed by atoms with Crippen LogP contribution in [0.25, 0.3) is 44.1 Å². The number of ether oxygens (including phenoxy) is 6. The molecular formula is C107H157Cl4N21O10. The Kier molecular flexibility index (Phi) is 51.7. The first-order valence-corrected chi connectivity index (χ1v) is 50.5. The Bertz CT molecular complexity index is 5810. The molecule has 11 rings (SSSR count). The standard InChI is InChI=1S/C27H36ClN5O3.C27H37N5O3.C18H27N5O.C10H21NO.C9H13NO2.C8H4Cl3N3.C8H19N/c1-7-8-12-27(4,13-11-18(3)34)33-25-24-23(17(2)14-22(28)30-24)31-26(32-25)29-16-19-9-10-20(35-5)15-21(19)36-6;1-7-8-13-27(4,14-11-19(3)33)32-25-24-23(18(2)12-15-28-24)30-26(31-25)29-17-20-9-10-21(34-5)16-22(20)35-6;1-5-6-9-18(4,10-7-13(3)24)23-16-15-14(21-17(19)22-16)12(2)8-11-20-15;1-4-5-7-10(3,11)8-6-9(2)12;1-11-8-4-3-7(6-10)9(5-8)12-2;1-3-2-4(9)12-6-5(3)13-8(11)14-7(6)10;1-6-9(7(2)3)8(4)5/h9-10,14-15H,7-8,11-13,16H2,1-6H3,(H2,29,31,32,33);9-10,12,15-16H,7-8,11,13-14,17H2,1-6H3,(H2,29,30,31,32);8,11H,5-7,9-10H2,1-4H3,(H3,19,21,22,23);4-8,11H2,1-3H3;3-5H,6,10H2,1-2H3;2H,1H3;7-8H,6H2,1-5H3/t2*27-;18-;10-;;;/m1111.../s1. The number of anilines is 6. The topological polar surface area (TPSA) is 420 Å². The highest BCUT2D eigenvalue weighted by Crippen LogP contribution is 2.37. The summed E-state index contributed by atoms with van der Waals surface area (Å²) in [6, 6.07) is 25.7. The lowest BCUT2D eigenvalue weighted by Gasteiger charge is -2.32. The van der Waals surface area contributed by atoms with Gasteiger partial charge < -0.3 is 91.4 Å². The lowest BCUT2D eigenvalue weighted by Crippen LogP contribution is -2.36. The molecule has 0 aliphatic rings. The zero-order valence-corrected chi connectivity index (χ0v) is 91.9. The Morgan fingerprint density at radius 1 is 0.394 bits per heavy atom. The summed E-state index contributed by atoms with van der Waals surface area (Å²) >= 11 is 23.6. The summed E-state index contributed by atoms with van der Waals surface area (Å²) in [4.78, 5) is 101. The number of nitrogens with one attached hydrogen (secondary N) is 5. The molecule has 11 N–H and O–H groups in total. The smallest absolute Gasteiger partial charge is 0.225 e. The average Bonchev–Trinajstić information content (AvgIpc) is 0.778. The maximum atomic E-state index is 11.8. The summed E-state index contributed by atoms with van der Waals surface area (Å²) in [5.41, 5.74) is 28.5. The van der Waals surface area contributed by atoms with E-state index in [-0.39, 0.29) is 61.7 Å². The molecule has 0 radical (unpaired) electrons. The summed E-state index contributed by atoms with van der Waals surface area (Å²) in [5, 5.41) is 18.5. The van der Waals surface area contributed by atoms with Crippen LogP contribution in [0.4, 0.5) is 35.3 Å². The number of nitrogens with two attached hydrogens (primary N) is 3. The lowest BCUT2D eigenvalue weighted by molar-refractivity contribution is -0.118. The molecule has 11 aromatic rings. The van der Waals surface area contributed by atoms with Crippen LogP contribution in [0, 0.1) is 27.7 Å². The summed E-state index contributed by atoms with van der Waals surface area (Å²) < 4.78 is 31.8. The van der Waals surface area contributed by atoms with Gasteiger partial charge in [0.1, 0.15) is 90.0 Å². The van der Waals surface area contributed by atoms with Crippen LogP contribution in [0.2, 0.25) is 20.7 Å². The monoisotopic (exact) mass is 2040 g/mol. The van der Waals surface area contributed by atoms with Crippen LogP contribution in [0.15, 0.2) is 91.3 Å².